The number of nitrogens with one attached hydrogen (secondary N) is 5. The number of anilines is 2. The first-order valence-corrected chi connectivity index (χ1v) is 30.8. The number of imidazole rings is 2. The van der Waals surface area contributed by atoms with Gasteiger partial charge in [-0.1, -0.05) is 38.5 Å². The summed E-state index contributed by atoms with van der Waals surface area (Å²) in [4.78, 5) is 83.0. The fourth-order valence-electron chi connectivity index (χ4n) is 10.8. The number of hydrogen-bond donors (Lipinski definition) is 7. The van der Waals surface area contributed by atoms with Gasteiger partial charge < -0.3 is 40.7 Å². The normalized spacial score (nSPS) is 18.7. The van der Waals surface area contributed by atoms with Crippen LogP contribution in [0.3, 0.4) is 0 Å². The van der Waals surface area contributed by atoms with Crippen molar-refractivity contribution in [3.63, 3.8) is 0 Å². The zero-order valence-corrected chi connectivity index (χ0v) is 50.9. The van der Waals surface area contributed by atoms with Gasteiger partial charge >= 0.3 is 12.1 Å². The van der Waals surface area contributed by atoms with Gasteiger partial charge in [-0.3, -0.25) is 29.8 Å². The lowest BCUT2D eigenvalue weighted by atomic mass is 9.86. The van der Waals surface area contributed by atoms with Gasteiger partial charge in [0.25, 0.3) is 42.9 Å². The van der Waals surface area contributed by atoms with E-state index < -0.39 is 48.8 Å². The molecule has 468 valence electrons. The van der Waals surface area contributed by atoms with Crippen LogP contribution in [0.1, 0.15) is 206 Å². The molecule has 5 aromatic heterocycles. The van der Waals surface area contributed by atoms with E-state index in [2.05, 4.69) is 36.6 Å². The zero-order chi connectivity index (χ0) is 61.6. The van der Waals surface area contributed by atoms with Crippen molar-refractivity contribution < 1.29 is 65.0 Å². The number of nitrogens with two attached hydrogens (primary N) is 1. The number of nitrogens with zero attached hydrogens (tertiary/aromatic N) is 4. The Labute approximate surface area is 514 Å². The maximum atomic E-state index is 13.1. The molecule has 18 nitrogen and oxygen atoms in total. The summed E-state index contributed by atoms with van der Waals surface area (Å²) in [6.45, 7) is 5.39. The fraction of sp³-hybridized carbons (Fsp3) is 0.458. The molecular formula is C59H67ClF6N10O8S3. The Balaban J connectivity index is 0.000000192. The Morgan fingerprint density at radius 1 is 0.552 bits per heavy atom. The number of alkyl halides is 6. The topological polar surface area (TPSA) is 254 Å². The lowest BCUT2D eigenvalue weighted by Crippen LogP contribution is -2.46. The third-order valence-corrected chi connectivity index (χ3v) is 18.4. The third kappa shape index (κ3) is 16.8. The second-order valence-electron chi connectivity index (χ2n) is 22.7. The predicted molar refractivity (Wildman–Crippen MR) is 324 cm³/mol. The van der Waals surface area contributed by atoms with Crippen molar-refractivity contribution in [3.8, 4) is 0 Å². The van der Waals surface area contributed by atoms with Gasteiger partial charge in [0.15, 0.2) is 0 Å². The molecule has 0 radical (unpaired) electrons. The average Bonchev–Trinajstić information content (AvgIpc) is 1.84. The van der Waals surface area contributed by atoms with E-state index in [-0.39, 0.29) is 95.7 Å². The van der Waals surface area contributed by atoms with Crippen LogP contribution in [0.15, 0.2) is 72.8 Å². The largest absolute Gasteiger partial charge is 0.477 e. The van der Waals surface area contributed by atoms with E-state index in [4.69, 9.17) is 15.6 Å². The van der Waals surface area contributed by atoms with Gasteiger partial charge in [-0.25, -0.2) is 45.9 Å². The molecule has 87 heavy (non-hydrogen) atoms. The molecule has 11 rings (SSSR count). The number of benzene rings is 2. The van der Waals surface area contributed by atoms with Crippen LogP contribution in [0.25, 0.3) is 22.1 Å². The second-order valence-corrected chi connectivity index (χ2v) is 26.1. The van der Waals surface area contributed by atoms with Crippen LogP contribution >= 0.6 is 46.4 Å². The molecule has 7 aromatic rings. The van der Waals surface area contributed by atoms with E-state index in [1.807, 2.05) is 21.3 Å². The zero-order valence-electron chi connectivity index (χ0n) is 47.6. The van der Waals surface area contributed by atoms with Gasteiger partial charge in [-0.2, -0.15) is 0 Å². The predicted octanol–water partition coefficient (Wildman–Crippen LogP) is 14.4. The lowest BCUT2D eigenvalue weighted by molar-refractivity contribution is 0.0457. The molecule has 4 aliphatic carbocycles. The summed E-state index contributed by atoms with van der Waals surface area (Å²) in [6, 6.07) is 18.4. The highest BCUT2D eigenvalue weighted by Crippen LogP contribution is 2.40. The number of amides is 5. The van der Waals surface area contributed by atoms with Crippen LogP contribution in [-0.4, -0.2) is 89.7 Å². The summed E-state index contributed by atoms with van der Waals surface area (Å²) < 4.78 is 85.0. The van der Waals surface area contributed by atoms with Crippen molar-refractivity contribution in [3.05, 3.63) is 113 Å². The van der Waals surface area contributed by atoms with Gasteiger partial charge in [-0.05, 0) is 145 Å². The molecular weight excluding hydrogens is 1220 g/mol. The summed E-state index contributed by atoms with van der Waals surface area (Å²) in [5.74, 6) is -1.91. The smallest absolute Gasteiger partial charge is 0.407 e. The number of hydrogen-bond acceptors (Lipinski definition) is 13. The van der Waals surface area contributed by atoms with Crippen LogP contribution in [0.4, 0.5) is 43.0 Å². The summed E-state index contributed by atoms with van der Waals surface area (Å²) in [6.07, 6.45) is 5.08. The maximum absolute atomic E-state index is 13.1. The van der Waals surface area contributed by atoms with Gasteiger partial charge in [0.1, 0.15) is 10.5 Å². The molecule has 8 N–H and O–H groups in total. The van der Waals surface area contributed by atoms with Crippen molar-refractivity contribution in [1.82, 2.24) is 35.1 Å². The number of alkyl carbamates (subject to hydrolysis) is 1. The van der Waals surface area contributed by atoms with Crippen molar-refractivity contribution in [2.45, 2.75) is 172 Å². The van der Waals surface area contributed by atoms with Crippen LogP contribution in [0.5, 0.6) is 0 Å². The number of carbonyl (C=O) groups excluding carboxylic acids is 5. The van der Waals surface area contributed by atoms with Crippen LogP contribution in [0, 0.1) is 0 Å². The van der Waals surface area contributed by atoms with Gasteiger partial charge in [-0.15, -0.1) is 46.4 Å². The molecule has 0 saturated heterocycles. The number of carbonyl (C=O) groups is 6. The monoisotopic (exact) mass is 1290 g/mol. The van der Waals surface area contributed by atoms with E-state index in [1.54, 1.807) is 45.0 Å². The minimum Gasteiger partial charge on any atom is -0.477 e. The molecule has 0 atom stereocenters. The minimum atomic E-state index is -2.66. The Hall–Kier alpha value is -7.07. The van der Waals surface area contributed by atoms with E-state index in [0.717, 1.165) is 104 Å². The number of ether oxygens (including phenoxy) is 1. The number of rotatable bonds is 15. The highest BCUT2D eigenvalue weighted by Gasteiger charge is 2.37. The van der Waals surface area contributed by atoms with E-state index in [1.165, 1.54) is 43.2 Å². The maximum Gasteiger partial charge on any atom is 0.407 e. The molecule has 28 heteroatoms. The van der Waals surface area contributed by atoms with E-state index in [0.29, 0.717) is 52.3 Å². The van der Waals surface area contributed by atoms with Crippen molar-refractivity contribution >= 4 is 116 Å². The number of aromatic carboxylic acids is 1. The van der Waals surface area contributed by atoms with Crippen LogP contribution in [-0.2, 0) is 4.74 Å². The molecule has 0 unspecified atom stereocenters. The summed E-state index contributed by atoms with van der Waals surface area (Å²) in [7, 11) is 0. The summed E-state index contributed by atoms with van der Waals surface area (Å²) in [5.41, 5.74) is 9.01. The number of thiophene rings is 3. The van der Waals surface area contributed by atoms with Gasteiger partial charge in [0, 0.05) is 47.4 Å². The first-order valence-electron chi connectivity index (χ1n) is 28.4. The lowest BCUT2D eigenvalue weighted by Gasteiger charge is -2.37. The molecule has 2 aromatic carbocycles. The second kappa shape index (κ2) is 28.8. The van der Waals surface area contributed by atoms with Crippen LogP contribution < -0.4 is 32.3 Å². The summed E-state index contributed by atoms with van der Waals surface area (Å²) in [5, 5.41) is 23.0. The first kappa shape index (κ1) is 65.9. The SMILES string of the molecule is CC(C)(C)OC(=O)NC1CC(n2c(NC(=O)c3ccc(C(F)F)s3)nc3cc(C(=O)NC4CCCCC4)ccc32)C1.Cl.NC1CC(n2c(NC(=O)c3ccc(C(F)F)s3)nc3cc(C(=O)NC4CCCCC4)ccc32)C1.O=C(O)c1ccc(C(F)F)s1. The molecule has 0 spiro atoms. The van der Waals surface area contributed by atoms with Crippen molar-refractivity contribution in [1.29, 1.82) is 0 Å². The molecule has 4 saturated carbocycles. The quantitative estimate of drug-likeness (QED) is 0.0475. The number of carboxylic acids is 1. The Morgan fingerprint density at radius 2 is 0.943 bits per heavy atom. The van der Waals surface area contributed by atoms with Crippen molar-refractivity contribution in [2.75, 3.05) is 10.6 Å². The Kier molecular flexibility index (Phi) is 21.8. The average molecular weight is 1290 g/mol. The molecule has 4 aliphatic rings. The molecule has 5 heterocycles. The van der Waals surface area contributed by atoms with E-state index in [9.17, 15) is 55.1 Å². The number of halogens is 7. The number of fused-ring (bicyclic) bond motifs is 2. The standard InChI is InChI=1S/C29H35F2N5O4S.C24H27F2N5O2S.C6H4F2O2S.ClH/c1-29(2,3)40-28(39)33-18-14-19(15-18)36-21-10-9-16(25(37)32-17-7-5-4-6-8-17)13-20(21)34-27(36)35-26(38)23-12-11-22(41-23)24(30)31;25-21(26)19-8-9-20(34-19)23(33)30-24-29-17-10-13(22(32)28-15-4-2-1-3-5-15)6-7-18(17)31(24)16-11-14(27)12-16;7-5(8)3-1-2-4(11-3)6(9)10;/h9-13,17-19,24H,4-8,14-15H2,1-3H3,(H,32,37)(H,33,39)(H,34,35,38);6-10,14-16,21H,1-5,11-12,27H2,(H,28,32)(H,29,30,33);1-2,5H,(H,9,10);1H. The fourth-order valence-corrected chi connectivity index (χ4v) is 13.0. The highest BCUT2D eigenvalue weighted by molar-refractivity contribution is 7.14. The molecule has 4 fully saturated rings. The number of aromatic nitrogens is 4. The van der Waals surface area contributed by atoms with E-state index >= 15 is 0 Å². The number of carboxylic acid groups (broad SMARTS) is 1. The van der Waals surface area contributed by atoms with Crippen LogP contribution in [0.2, 0.25) is 0 Å². The summed E-state index contributed by atoms with van der Waals surface area (Å²) >= 11 is 2.09. The van der Waals surface area contributed by atoms with Gasteiger partial charge in [0.05, 0.1) is 46.5 Å². The Morgan fingerprint density at radius 3 is 1.30 bits per heavy atom. The third-order valence-electron chi connectivity index (χ3n) is 15.1. The van der Waals surface area contributed by atoms with Crippen molar-refractivity contribution in [2.24, 2.45) is 5.73 Å². The first-order chi connectivity index (χ1) is 41.0. The molecule has 0 bridgehead atoms. The highest BCUT2D eigenvalue weighted by atomic mass is 35.5. The molecule has 5 amide bonds. The molecule has 0 aliphatic heterocycles. The van der Waals surface area contributed by atoms with Gasteiger partial charge in [0.2, 0.25) is 11.9 Å². The Bertz CT molecular complexity index is 3580. The minimum absolute atomic E-state index is 0.